The Kier molecular flexibility index (Phi) is 5.54. The number of likely N-dealkylation sites (tertiary alicyclic amines) is 1. The van der Waals surface area contributed by atoms with E-state index < -0.39 is 0 Å². The van der Waals surface area contributed by atoms with Gasteiger partial charge in [-0.3, -0.25) is 9.69 Å². The molecule has 2 atom stereocenters. The van der Waals surface area contributed by atoms with Gasteiger partial charge in [0, 0.05) is 51.2 Å². The van der Waals surface area contributed by atoms with E-state index in [1.807, 2.05) is 11.0 Å². The lowest BCUT2D eigenvalue weighted by Crippen LogP contribution is -2.42. The monoisotopic (exact) mass is 332 g/mol. The zero-order valence-corrected chi connectivity index (χ0v) is 14.7. The topological polar surface area (TPSA) is 42.0 Å². The van der Waals surface area contributed by atoms with Gasteiger partial charge in [-0.1, -0.05) is 30.3 Å². The van der Waals surface area contributed by atoms with Crippen molar-refractivity contribution in [2.24, 2.45) is 5.41 Å². The van der Waals surface area contributed by atoms with Gasteiger partial charge in [-0.2, -0.15) is 0 Å². The summed E-state index contributed by atoms with van der Waals surface area (Å²) in [7, 11) is 1.67. The maximum atomic E-state index is 12.4. The van der Waals surface area contributed by atoms with E-state index in [9.17, 15) is 4.79 Å². The first kappa shape index (κ1) is 17.4. The standard InChI is InChI=1S/C19H28N2O3/c1-16(17-6-4-3-5-7-17)20-9-11-24-15-19(13-20)12-18(22)21(14-19)8-10-23-2/h3-7,16H,8-15H2,1-2H3/t16-,19-/m1/s1. The first-order valence-corrected chi connectivity index (χ1v) is 8.77. The van der Waals surface area contributed by atoms with E-state index >= 15 is 0 Å². The van der Waals surface area contributed by atoms with Crippen LogP contribution in [0.4, 0.5) is 0 Å². The molecule has 5 nitrogen and oxygen atoms in total. The number of benzene rings is 1. The van der Waals surface area contributed by atoms with E-state index in [2.05, 4.69) is 36.1 Å². The van der Waals surface area contributed by atoms with Gasteiger partial charge in [0.15, 0.2) is 0 Å². The van der Waals surface area contributed by atoms with Gasteiger partial charge >= 0.3 is 0 Å². The number of carbonyl (C=O) groups is 1. The molecule has 1 aromatic rings. The van der Waals surface area contributed by atoms with Crippen LogP contribution in [0, 0.1) is 5.41 Å². The zero-order chi connectivity index (χ0) is 17.0. The molecule has 0 N–H and O–H groups in total. The van der Waals surface area contributed by atoms with Crippen LogP contribution in [0.25, 0.3) is 0 Å². The van der Waals surface area contributed by atoms with Crippen LogP contribution < -0.4 is 0 Å². The molecule has 2 aliphatic heterocycles. The Morgan fingerprint density at radius 3 is 2.83 bits per heavy atom. The predicted octanol–water partition coefficient (Wildman–Crippen LogP) is 1.94. The molecule has 3 rings (SSSR count). The zero-order valence-electron chi connectivity index (χ0n) is 14.7. The molecule has 2 saturated heterocycles. The molecular weight excluding hydrogens is 304 g/mol. The van der Waals surface area contributed by atoms with Crippen LogP contribution in [0.2, 0.25) is 0 Å². The van der Waals surface area contributed by atoms with Gasteiger partial charge < -0.3 is 14.4 Å². The summed E-state index contributed by atoms with van der Waals surface area (Å²) in [6.07, 6.45) is 0.578. The van der Waals surface area contributed by atoms with Gasteiger partial charge in [-0.15, -0.1) is 0 Å². The highest BCUT2D eigenvalue weighted by Gasteiger charge is 2.45. The van der Waals surface area contributed by atoms with Crippen molar-refractivity contribution in [3.8, 4) is 0 Å². The summed E-state index contributed by atoms with van der Waals surface area (Å²) in [5, 5.41) is 0. The third kappa shape index (κ3) is 3.79. The van der Waals surface area contributed by atoms with Gasteiger partial charge in [-0.25, -0.2) is 0 Å². The largest absolute Gasteiger partial charge is 0.383 e. The Labute approximate surface area is 144 Å². The summed E-state index contributed by atoms with van der Waals surface area (Å²) >= 11 is 0. The van der Waals surface area contributed by atoms with Gasteiger partial charge in [0.2, 0.25) is 5.91 Å². The molecule has 0 unspecified atom stereocenters. The van der Waals surface area contributed by atoms with Crippen molar-refractivity contribution >= 4 is 5.91 Å². The minimum Gasteiger partial charge on any atom is -0.383 e. The molecule has 132 valence electrons. The molecule has 1 aromatic carbocycles. The van der Waals surface area contributed by atoms with Crippen molar-refractivity contribution in [3.05, 3.63) is 35.9 Å². The van der Waals surface area contributed by atoms with Gasteiger partial charge in [0.25, 0.3) is 0 Å². The van der Waals surface area contributed by atoms with Crippen molar-refractivity contribution in [1.29, 1.82) is 0 Å². The molecule has 0 aliphatic carbocycles. The minimum absolute atomic E-state index is 0.0929. The maximum absolute atomic E-state index is 12.4. The Hall–Kier alpha value is -1.43. The van der Waals surface area contributed by atoms with E-state index in [4.69, 9.17) is 9.47 Å². The lowest BCUT2D eigenvalue weighted by Gasteiger charge is -2.35. The molecule has 2 aliphatic rings. The molecule has 24 heavy (non-hydrogen) atoms. The van der Waals surface area contributed by atoms with Crippen LogP contribution in [0.5, 0.6) is 0 Å². The minimum atomic E-state index is -0.0929. The number of ether oxygens (including phenoxy) is 2. The van der Waals surface area contributed by atoms with Gasteiger partial charge in [0.05, 0.1) is 19.8 Å². The van der Waals surface area contributed by atoms with Gasteiger partial charge in [-0.05, 0) is 12.5 Å². The summed E-state index contributed by atoms with van der Waals surface area (Å²) in [6.45, 7) is 7.48. The predicted molar refractivity (Wildman–Crippen MR) is 92.8 cm³/mol. The highest BCUT2D eigenvalue weighted by atomic mass is 16.5. The summed E-state index contributed by atoms with van der Waals surface area (Å²) in [5.41, 5.74) is 1.22. The quantitative estimate of drug-likeness (QED) is 0.826. The molecule has 0 bridgehead atoms. The van der Waals surface area contributed by atoms with E-state index in [-0.39, 0.29) is 11.3 Å². The molecule has 0 radical (unpaired) electrons. The number of methoxy groups -OCH3 is 1. The SMILES string of the molecule is COCCN1C[C@@]2(COCCN([C@H](C)c3ccccc3)C2)CC1=O. The lowest BCUT2D eigenvalue weighted by molar-refractivity contribution is -0.128. The third-order valence-corrected chi connectivity index (χ3v) is 5.27. The van der Waals surface area contributed by atoms with Gasteiger partial charge in [0.1, 0.15) is 0 Å². The fourth-order valence-electron chi connectivity index (χ4n) is 3.89. The average molecular weight is 332 g/mol. The van der Waals surface area contributed by atoms with Crippen LogP contribution in [-0.2, 0) is 14.3 Å². The van der Waals surface area contributed by atoms with Crippen molar-refractivity contribution in [2.75, 3.05) is 53.1 Å². The Balaban J connectivity index is 1.72. The molecule has 2 fully saturated rings. The normalized spacial score (nSPS) is 26.8. The van der Waals surface area contributed by atoms with Crippen molar-refractivity contribution in [3.63, 3.8) is 0 Å². The molecule has 1 amide bonds. The third-order valence-electron chi connectivity index (χ3n) is 5.27. The smallest absolute Gasteiger partial charge is 0.223 e. The number of carbonyl (C=O) groups excluding carboxylic acids is 1. The van der Waals surface area contributed by atoms with E-state index in [0.717, 1.165) is 26.2 Å². The van der Waals surface area contributed by atoms with E-state index in [1.165, 1.54) is 5.56 Å². The highest BCUT2D eigenvalue weighted by molar-refractivity contribution is 5.79. The summed E-state index contributed by atoms with van der Waals surface area (Å²) in [4.78, 5) is 16.8. The summed E-state index contributed by atoms with van der Waals surface area (Å²) in [6, 6.07) is 10.9. The van der Waals surface area contributed by atoms with Crippen molar-refractivity contribution in [2.45, 2.75) is 19.4 Å². The number of amides is 1. The molecule has 5 heteroatoms. The first-order chi connectivity index (χ1) is 11.6. The fourth-order valence-corrected chi connectivity index (χ4v) is 3.89. The van der Waals surface area contributed by atoms with E-state index in [1.54, 1.807) is 7.11 Å². The molecule has 1 spiro atoms. The second-order valence-electron chi connectivity index (χ2n) is 7.09. The lowest BCUT2D eigenvalue weighted by atomic mass is 9.86. The number of hydrogen-bond donors (Lipinski definition) is 0. The van der Waals surface area contributed by atoms with Crippen LogP contribution >= 0.6 is 0 Å². The van der Waals surface area contributed by atoms with E-state index in [0.29, 0.717) is 32.2 Å². The maximum Gasteiger partial charge on any atom is 0.223 e. The van der Waals surface area contributed by atoms with Crippen LogP contribution in [0.3, 0.4) is 0 Å². The second kappa shape index (κ2) is 7.64. The second-order valence-corrected chi connectivity index (χ2v) is 7.09. The van der Waals surface area contributed by atoms with Crippen LogP contribution in [-0.4, -0.2) is 68.8 Å². The molecule has 2 heterocycles. The average Bonchev–Trinajstić information content (AvgIpc) is 2.77. The molecule has 0 saturated carbocycles. The first-order valence-electron chi connectivity index (χ1n) is 8.77. The van der Waals surface area contributed by atoms with Crippen LogP contribution in [0.1, 0.15) is 24.9 Å². The Bertz CT molecular complexity index is 551. The highest BCUT2D eigenvalue weighted by Crippen LogP contribution is 2.36. The summed E-state index contributed by atoms with van der Waals surface area (Å²) in [5.74, 6) is 0.227. The molecule has 0 aromatic heterocycles. The Morgan fingerprint density at radius 1 is 1.29 bits per heavy atom. The Morgan fingerprint density at radius 2 is 2.08 bits per heavy atom. The number of nitrogens with zero attached hydrogens (tertiary/aromatic N) is 2. The number of rotatable bonds is 5. The summed E-state index contributed by atoms with van der Waals surface area (Å²) < 4.78 is 11.0. The van der Waals surface area contributed by atoms with Crippen molar-refractivity contribution in [1.82, 2.24) is 9.80 Å². The number of hydrogen-bond acceptors (Lipinski definition) is 4. The van der Waals surface area contributed by atoms with Crippen molar-refractivity contribution < 1.29 is 14.3 Å². The van der Waals surface area contributed by atoms with Crippen LogP contribution in [0.15, 0.2) is 30.3 Å². The molecular formula is C19H28N2O3. The fraction of sp³-hybridized carbons (Fsp3) is 0.632.